The average molecular weight is 242 g/mol. The Labute approximate surface area is 99.0 Å². The van der Waals surface area contributed by atoms with Crippen molar-refractivity contribution < 1.29 is 13.6 Å². The van der Waals surface area contributed by atoms with E-state index in [1.807, 2.05) is 0 Å². The number of benzene rings is 1. The molecule has 1 rings (SSSR count). The van der Waals surface area contributed by atoms with Crippen molar-refractivity contribution in [3.05, 3.63) is 35.4 Å². The van der Waals surface area contributed by atoms with Crippen LogP contribution >= 0.6 is 0 Å². The van der Waals surface area contributed by atoms with Gasteiger partial charge in [0.05, 0.1) is 0 Å². The standard InChI is InChI=1S/C12H16F2N2O/c1-7(8(2)15)12(17)16-6-9-3-4-10(13)11(14)5-9/h3-5,7-8H,6,15H2,1-2H3,(H,16,17). The van der Waals surface area contributed by atoms with Crippen LogP contribution in [0, 0.1) is 17.6 Å². The summed E-state index contributed by atoms with van der Waals surface area (Å²) in [5.74, 6) is -2.34. The van der Waals surface area contributed by atoms with Gasteiger partial charge in [-0.3, -0.25) is 4.79 Å². The van der Waals surface area contributed by atoms with Crippen LogP contribution in [0.1, 0.15) is 19.4 Å². The summed E-state index contributed by atoms with van der Waals surface area (Å²) in [4.78, 5) is 11.6. The van der Waals surface area contributed by atoms with Gasteiger partial charge in [-0.1, -0.05) is 13.0 Å². The van der Waals surface area contributed by atoms with E-state index in [0.717, 1.165) is 12.1 Å². The minimum Gasteiger partial charge on any atom is -0.352 e. The highest BCUT2D eigenvalue weighted by Gasteiger charge is 2.16. The Balaban J connectivity index is 2.56. The van der Waals surface area contributed by atoms with Gasteiger partial charge in [0.25, 0.3) is 0 Å². The molecule has 5 heteroatoms. The molecule has 94 valence electrons. The SMILES string of the molecule is CC(N)C(C)C(=O)NCc1ccc(F)c(F)c1. The van der Waals surface area contributed by atoms with Gasteiger partial charge in [0.2, 0.25) is 5.91 Å². The molecule has 0 saturated carbocycles. The average Bonchev–Trinajstić information content (AvgIpc) is 2.29. The fourth-order valence-electron chi connectivity index (χ4n) is 1.24. The lowest BCUT2D eigenvalue weighted by atomic mass is 10.0. The van der Waals surface area contributed by atoms with E-state index < -0.39 is 11.6 Å². The highest BCUT2D eigenvalue weighted by Crippen LogP contribution is 2.09. The number of hydrogen-bond donors (Lipinski definition) is 2. The maximum Gasteiger partial charge on any atom is 0.224 e. The Morgan fingerprint density at radius 1 is 1.35 bits per heavy atom. The molecule has 1 amide bonds. The Hall–Kier alpha value is -1.49. The maximum absolute atomic E-state index is 12.9. The number of rotatable bonds is 4. The molecule has 0 fully saturated rings. The lowest BCUT2D eigenvalue weighted by molar-refractivity contribution is -0.125. The van der Waals surface area contributed by atoms with Gasteiger partial charge in [0, 0.05) is 18.5 Å². The Morgan fingerprint density at radius 2 is 2.00 bits per heavy atom. The molecule has 0 aliphatic carbocycles. The predicted molar refractivity (Wildman–Crippen MR) is 61.0 cm³/mol. The molecular formula is C12H16F2N2O. The van der Waals surface area contributed by atoms with E-state index >= 15 is 0 Å². The van der Waals surface area contributed by atoms with Gasteiger partial charge in [0.15, 0.2) is 11.6 Å². The molecule has 17 heavy (non-hydrogen) atoms. The van der Waals surface area contributed by atoms with Crippen LogP contribution < -0.4 is 11.1 Å². The van der Waals surface area contributed by atoms with E-state index in [-0.39, 0.29) is 24.4 Å². The molecule has 0 aromatic heterocycles. The molecule has 2 atom stereocenters. The van der Waals surface area contributed by atoms with Gasteiger partial charge in [-0.2, -0.15) is 0 Å². The molecule has 1 aromatic carbocycles. The van der Waals surface area contributed by atoms with Crippen molar-refractivity contribution in [3.63, 3.8) is 0 Å². The van der Waals surface area contributed by atoms with Crippen molar-refractivity contribution in [2.45, 2.75) is 26.4 Å². The third kappa shape index (κ3) is 3.78. The summed E-state index contributed by atoms with van der Waals surface area (Å²) < 4.78 is 25.5. The molecular weight excluding hydrogens is 226 g/mol. The molecule has 0 radical (unpaired) electrons. The van der Waals surface area contributed by atoms with E-state index in [1.54, 1.807) is 13.8 Å². The van der Waals surface area contributed by atoms with Crippen LogP contribution in [0.4, 0.5) is 8.78 Å². The largest absolute Gasteiger partial charge is 0.352 e. The fourth-order valence-corrected chi connectivity index (χ4v) is 1.24. The van der Waals surface area contributed by atoms with E-state index in [9.17, 15) is 13.6 Å². The van der Waals surface area contributed by atoms with Crippen LogP contribution in [0.5, 0.6) is 0 Å². The fraction of sp³-hybridized carbons (Fsp3) is 0.417. The number of carbonyl (C=O) groups is 1. The van der Waals surface area contributed by atoms with Crippen LogP contribution in [-0.4, -0.2) is 11.9 Å². The zero-order chi connectivity index (χ0) is 13.0. The summed E-state index contributed by atoms with van der Waals surface area (Å²) in [5.41, 5.74) is 6.09. The zero-order valence-electron chi connectivity index (χ0n) is 9.84. The number of amides is 1. The first kappa shape index (κ1) is 13.6. The monoisotopic (exact) mass is 242 g/mol. The van der Waals surface area contributed by atoms with Gasteiger partial charge in [-0.15, -0.1) is 0 Å². The third-order valence-electron chi connectivity index (χ3n) is 2.65. The molecule has 3 nitrogen and oxygen atoms in total. The normalized spacial score (nSPS) is 14.2. The highest BCUT2D eigenvalue weighted by atomic mass is 19.2. The highest BCUT2D eigenvalue weighted by molar-refractivity contribution is 5.78. The topological polar surface area (TPSA) is 55.1 Å². The number of halogens is 2. The third-order valence-corrected chi connectivity index (χ3v) is 2.65. The van der Waals surface area contributed by atoms with Crippen LogP contribution in [-0.2, 0) is 11.3 Å². The lowest BCUT2D eigenvalue weighted by Crippen LogP contribution is -2.38. The van der Waals surface area contributed by atoms with Gasteiger partial charge in [0.1, 0.15) is 0 Å². The number of hydrogen-bond acceptors (Lipinski definition) is 2. The second-order valence-corrected chi connectivity index (χ2v) is 4.11. The van der Waals surface area contributed by atoms with Crippen molar-refractivity contribution in [2.24, 2.45) is 11.7 Å². The Bertz CT molecular complexity index is 407. The van der Waals surface area contributed by atoms with Gasteiger partial charge in [-0.25, -0.2) is 8.78 Å². The molecule has 0 spiro atoms. The number of nitrogens with one attached hydrogen (secondary N) is 1. The summed E-state index contributed by atoms with van der Waals surface area (Å²) in [6.45, 7) is 3.61. The number of nitrogens with two attached hydrogens (primary N) is 1. The first-order chi connectivity index (χ1) is 7.91. The Morgan fingerprint density at radius 3 is 2.53 bits per heavy atom. The summed E-state index contributed by atoms with van der Waals surface area (Å²) >= 11 is 0. The van der Waals surface area contributed by atoms with E-state index in [1.165, 1.54) is 6.07 Å². The summed E-state index contributed by atoms with van der Waals surface area (Å²) in [6.07, 6.45) is 0. The summed E-state index contributed by atoms with van der Waals surface area (Å²) in [7, 11) is 0. The molecule has 0 aliphatic rings. The molecule has 0 aliphatic heterocycles. The van der Waals surface area contributed by atoms with Crippen molar-refractivity contribution in [2.75, 3.05) is 0 Å². The smallest absolute Gasteiger partial charge is 0.224 e. The van der Waals surface area contributed by atoms with E-state index in [0.29, 0.717) is 5.56 Å². The first-order valence-electron chi connectivity index (χ1n) is 5.39. The van der Waals surface area contributed by atoms with Crippen LogP contribution in [0.15, 0.2) is 18.2 Å². The molecule has 2 unspecified atom stereocenters. The van der Waals surface area contributed by atoms with Crippen molar-refractivity contribution in [1.82, 2.24) is 5.32 Å². The minimum absolute atomic E-state index is 0.160. The predicted octanol–water partition coefficient (Wildman–Crippen LogP) is 1.56. The lowest BCUT2D eigenvalue weighted by Gasteiger charge is -2.15. The quantitative estimate of drug-likeness (QED) is 0.842. The molecule has 0 bridgehead atoms. The zero-order valence-corrected chi connectivity index (χ0v) is 9.84. The van der Waals surface area contributed by atoms with E-state index in [4.69, 9.17) is 5.73 Å². The van der Waals surface area contributed by atoms with Gasteiger partial charge < -0.3 is 11.1 Å². The summed E-state index contributed by atoms with van der Waals surface area (Å²) in [6, 6.07) is 3.27. The summed E-state index contributed by atoms with van der Waals surface area (Å²) in [5, 5.41) is 2.62. The van der Waals surface area contributed by atoms with Gasteiger partial charge >= 0.3 is 0 Å². The van der Waals surface area contributed by atoms with Crippen LogP contribution in [0.25, 0.3) is 0 Å². The van der Waals surface area contributed by atoms with Crippen LogP contribution in [0.3, 0.4) is 0 Å². The second kappa shape index (κ2) is 5.72. The molecule has 0 saturated heterocycles. The van der Waals surface area contributed by atoms with Gasteiger partial charge in [-0.05, 0) is 24.6 Å². The minimum atomic E-state index is -0.919. The first-order valence-corrected chi connectivity index (χ1v) is 5.39. The second-order valence-electron chi connectivity index (χ2n) is 4.11. The molecule has 0 heterocycles. The maximum atomic E-state index is 12.9. The van der Waals surface area contributed by atoms with Crippen molar-refractivity contribution >= 4 is 5.91 Å². The molecule has 1 aromatic rings. The van der Waals surface area contributed by atoms with Crippen molar-refractivity contribution in [3.8, 4) is 0 Å². The number of carbonyl (C=O) groups excluding carboxylic acids is 1. The van der Waals surface area contributed by atoms with E-state index in [2.05, 4.69) is 5.32 Å². The Kier molecular flexibility index (Phi) is 4.57. The van der Waals surface area contributed by atoms with Crippen LogP contribution in [0.2, 0.25) is 0 Å². The van der Waals surface area contributed by atoms with Crippen molar-refractivity contribution in [1.29, 1.82) is 0 Å². The molecule has 3 N–H and O–H groups in total.